The summed E-state index contributed by atoms with van der Waals surface area (Å²) < 4.78 is 10.2. The van der Waals surface area contributed by atoms with E-state index in [2.05, 4.69) is 10.3 Å². The van der Waals surface area contributed by atoms with E-state index in [1.165, 1.54) is 14.2 Å². The van der Waals surface area contributed by atoms with Crippen LogP contribution in [0, 0.1) is 0 Å². The molecule has 0 atom stereocenters. The van der Waals surface area contributed by atoms with Gasteiger partial charge in [-0.3, -0.25) is 4.79 Å². The Morgan fingerprint density at radius 3 is 2.75 bits per heavy atom. The van der Waals surface area contributed by atoms with Crippen LogP contribution in [-0.2, 0) is 0 Å². The number of carbonyl (C=O) groups is 1. The van der Waals surface area contributed by atoms with Gasteiger partial charge < -0.3 is 20.5 Å². The van der Waals surface area contributed by atoms with Crippen LogP contribution in [0.2, 0.25) is 0 Å². The second-order valence-corrected chi connectivity index (χ2v) is 3.97. The summed E-state index contributed by atoms with van der Waals surface area (Å²) in [5, 5.41) is 2.74. The molecule has 0 bridgehead atoms. The largest absolute Gasteiger partial charge is 0.494 e. The number of hydrogen-bond donors (Lipinski definition) is 2. The van der Waals surface area contributed by atoms with Gasteiger partial charge in [-0.2, -0.15) is 0 Å². The zero-order valence-electron chi connectivity index (χ0n) is 11.2. The second kappa shape index (κ2) is 5.92. The number of carbonyl (C=O) groups excluding carboxylic acids is 1. The van der Waals surface area contributed by atoms with E-state index in [0.717, 1.165) is 0 Å². The van der Waals surface area contributed by atoms with Gasteiger partial charge in [0.25, 0.3) is 5.91 Å². The third-order valence-corrected chi connectivity index (χ3v) is 2.68. The van der Waals surface area contributed by atoms with Crippen molar-refractivity contribution in [3.8, 4) is 11.6 Å². The van der Waals surface area contributed by atoms with E-state index >= 15 is 0 Å². The lowest BCUT2D eigenvalue weighted by Crippen LogP contribution is -2.14. The highest BCUT2D eigenvalue weighted by Crippen LogP contribution is 2.27. The summed E-state index contributed by atoms with van der Waals surface area (Å²) in [7, 11) is 2.97. The normalized spacial score (nSPS) is 9.90. The Labute approximate surface area is 116 Å². The van der Waals surface area contributed by atoms with Gasteiger partial charge in [0.1, 0.15) is 11.3 Å². The minimum absolute atomic E-state index is 0.263. The molecule has 1 amide bonds. The number of rotatable bonds is 4. The zero-order chi connectivity index (χ0) is 14.5. The van der Waals surface area contributed by atoms with E-state index in [4.69, 9.17) is 15.2 Å². The summed E-state index contributed by atoms with van der Waals surface area (Å²) in [6.45, 7) is 0. The number of nitrogens with two attached hydrogens (primary N) is 1. The molecule has 6 heteroatoms. The molecule has 0 saturated carbocycles. The molecule has 0 radical (unpaired) electrons. The number of pyridine rings is 1. The van der Waals surface area contributed by atoms with Gasteiger partial charge in [0.15, 0.2) is 0 Å². The molecule has 0 aliphatic rings. The molecule has 0 aliphatic heterocycles. The first-order valence-corrected chi connectivity index (χ1v) is 5.89. The van der Waals surface area contributed by atoms with Crippen LogP contribution in [0.4, 0.5) is 11.4 Å². The van der Waals surface area contributed by atoms with Crippen LogP contribution < -0.4 is 20.5 Å². The fraction of sp³-hybridized carbons (Fsp3) is 0.143. The average Bonchev–Trinajstić information content (AvgIpc) is 2.48. The number of hydrogen-bond acceptors (Lipinski definition) is 5. The molecule has 0 aliphatic carbocycles. The van der Waals surface area contributed by atoms with Gasteiger partial charge in [0.2, 0.25) is 5.88 Å². The van der Waals surface area contributed by atoms with Crippen LogP contribution in [0.1, 0.15) is 10.4 Å². The number of amides is 1. The highest BCUT2D eigenvalue weighted by Gasteiger charge is 2.14. The summed E-state index contributed by atoms with van der Waals surface area (Å²) >= 11 is 0. The fourth-order valence-electron chi connectivity index (χ4n) is 1.73. The Morgan fingerprint density at radius 1 is 1.25 bits per heavy atom. The van der Waals surface area contributed by atoms with Crippen molar-refractivity contribution in [3.05, 3.63) is 42.1 Å². The monoisotopic (exact) mass is 273 g/mol. The van der Waals surface area contributed by atoms with Crippen molar-refractivity contribution in [1.29, 1.82) is 0 Å². The lowest BCUT2D eigenvalue weighted by molar-refractivity contribution is 0.102. The molecule has 2 rings (SSSR count). The summed E-state index contributed by atoms with van der Waals surface area (Å²) in [6, 6.07) is 8.28. The standard InChI is InChI=1S/C14H15N3O3/c1-19-12-8-9(15)5-6-11(12)17-13(18)10-4-3-7-16-14(10)20-2/h3-8H,15H2,1-2H3,(H,17,18). The van der Waals surface area contributed by atoms with Crippen LogP contribution in [0.3, 0.4) is 0 Å². The van der Waals surface area contributed by atoms with Crippen molar-refractivity contribution in [3.63, 3.8) is 0 Å². The van der Waals surface area contributed by atoms with Gasteiger partial charge in [-0.25, -0.2) is 4.98 Å². The van der Waals surface area contributed by atoms with E-state index in [9.17, 15) is 4.79 Å². The van der Waals surface area contributed by atoms with Gasteiger partial charge >= 0.3 is 0 Å². The molecule has 20 heavy (non-hydrogen) atoms. The van der Waals surface area contributed by atoms with Crippen molar-refractivity contribution >= 4 is 17.3 Å². The van der Waals surface area contributed by atoms with Gasteiger partial charge in [-0.15, -0.1) is 0 Å². The van der Waals surface area contributed by atoms with Crippen LogP contribution in [0.15, 0.2) is 36.5 Å². The Balaban J connectivity index is 2.28. The molecule has 104 valence electrons. The lowest BCUT2D eigenvalue weighted by Gasteiger charge is -2.11. The molecule has 1 aromatic heterocycles. The minimum Gasteiger partial charge on any atom is -0.494 e. The number of aromatic nitrogens is 1. The first-order valence-electron chi connectivity index (χ1n) is 5.89. The topological polar surface area (TPSA) is 86.5 Å². The highest BCUT2D eigenvalue weighted by molar-refractivity contribution is 6.06. The van der Waals surface area contributed by atoms with Gasteiger partial charge in [0.05, 0.1) is 19.9 Å². The molecule has 0 saturated heterocycles. The summed E-state index contributed by atoms with van der Waals surface area (Å²) in [5.74, 6) is 0.415. The van der Waals surface area contributed by atoms with Crippen LogP contribution in [0.5, 0.6) is 11.6 Å². The molecular formula is C14H15N3O3. The Morgan fingerprint density at radius 2 is 2.05 bits per heavy atom. The molecule has 0 spiro atoms. The maximum absolute atomic E-state index is 12.2. The number of methoxy groups -OCH3 is 2. The van der Waals surface area contributed by atoms with Crippen molar-refractivity contribution in [2.75, 3.05) is 25.3 Å². The molecule has 6 nitrogen and oxygen atoms in total. The second-order valence-electron chi connectivity index (χ2n) is 3.97. The predicted molar refractivity (Wildman–Crippen MR) is 76.1 cm³/mol. The molecule has 1 heterocycles. The van der Waals surface area contributed by atoms with Crippen LogP contribution in [0.25, 0.3) is 0 Å². The van der Waals surface area contributed by atoms with Crippen molar-refractivity contribution in [1.82, 2.24) is 4.98 Å². The maximum Gasteiger partial charge on any atom is 0.261 e. The summed E-state index contributed by atoms with van der Waals surface area (Å²) in [4.78, 5) is 16.2. The van der Waals surface area contributed by atoms with E-state index in [1.54, 1.807) is 36.5 Å². The maximum atomic E-state index is 12.2. The van der Waals surface area contributed by atoms with Crippen LogP contribution in [-0.4, -0.2) is 25.1 Å². The number of ether oxygens (including phenoxy) is 2. The molecule has 0 unspecified atom stereocenters. The first kappa shape index (κ1) is 13.7. The van der Waals surface area contributed by atoms with Gasteiger partial charge in [-0.1, -0.05) is 0 Å². The van der Waals surface area contributed by atoms with Crippen LogP contribution >= 0.6 is 0 Å². The quantitative estimate of drug-likeness (QED) is 0.831. The van der Waals surface area contributed by atoms with E-state index in [1.807, 2.05) is 0 Å². The Bertz CT molecular complexity index is 629. The lowest BCUT2D eigenvalue weighted by atomic mass is 10.2. The number of nitrogen functional groups attached to an aromatic ring is 1. The summed E-state index contributed by atoms with van der Waals surface area (Å²) in [5.41, 5.74) is 7.09. The van der Waals surface area contributed by atoms with Crippen molar-refractivity contribution in [2.45, 2.75) is 0 Å². The third-order valence-electron chi connectivity index (χ3n) is 2.68. The molecular weight excluding hydrogens is 258 g/mol. The number of nitrogens with one attached hydrogen (secondary N) is 1. The molecule has 0 fully saturated rings. The highest BCUT2D eigenvalue weighted by atomic mass is 16.5. The summed E-state index contributed by atoms with van der Waals surface area (Å²) in [6.07, 6.45) is 1.55. The third kappa shape index (κ3) is 2.80. The predicted octanol–water partition coefficient (Wildman–Crippen LogP) is 1.93. The SMILES string of the molecule is COc1cc(N)ccc1NC(=O)c1cccnc1OC. The Hall–Kier alpha value is -2.76. The van der Waals surface area contributed by atoms with E-state index in [-0.39, 0.29) is 11.8 Å². The van der Waals surface area contributed by atoms with E-state index in [0.29, 0.717) is 22.7 Å². The average molecular weight is 273 g/mol. The minimum atomic E-state index is -0.335. The first-order chi connectivity index (χ1) is 9.65. The number of benzene rings is 1. The van der Waals surface area contributed by atoms with Gasteiger partial charge in [-0.05, 0) is 24.3 Å². The fourth-order valence-corrected chi connectivity index (χ4v) is 1.73. The molecule has 3 N–H and O–H groups in total. The van der Waals surface area contributed by atoms with Crippen molar-refractivity contribution in [2.24, 2.45) is 0 Å². The van der Waals surface area contributed by atoms with E-state index < -0.39 is 0 Å². The number of anilines is 2. The molecule has 1 aromatic carbocycles. The van der Waals surface area contributed by atoms with Crippen molar-refractivity contribution < 1.29 is 14.3 Å². The Kier molecular flexibility index (Phi) is 4.05. The number of nitrogens with zero attached hydrogens (tertiary/aromatic N) is 1. The molecule has 2 aromatic rings. The smallest absolute Gasteiger partial charge is 0.261 e. The van der Waals surface area contributed by atoms with Gasteiger partial charge in [0, 0.05) is 18.0 Å². The zero-order valence-corrected chi connectivity index (χ0v) is 11.2.